The fraction of sp³-hybridized carbons (Fsp3) is 0.800. The molecule has 0 spiro atoms. The molecule has 0 heterocycles. The zero-order valence-electron chi connectivity index (χ0n) is 29.5. The van der Waals surface area contributed by atoms with Gasteiger partial charge in [0.2, 0.25) is 0 Å². The number of hydrogen-bond acceptors (Lipinski definition) is 6. The second-order valence-electron chi connectivity index (χ2n) is 17.9. The van der Waals surface area contributed by atoms with Gasteiger partial charge in [-0.3, -0.25) is 0 Å². The first kappa shape index (κ1) is 34.3. The summed E-state index contributed by atoms with van der Waals surface area (Å²) in [6, 6.07) is 5.65. The van der Waals surface area contributed by atoms with Crippen LogP contribution in [-0.2, 0) is 6.42 Å². The molecule has 6 heteroatoms. The molecule has 6 rings (SSSR count). The molecular formula is C40H64N2O4. The van der Waals surface area contributed by atoms with Crippen LogP contribution in [0.5, 0.6) is 11.5 Å². The molecule has 0 bridgehead atoms. The first-order valence-electron chi connectivity index (χ1n) is 18.6. The Morgan fingerprint density at radius 3 is 2.33 bits per heavy atom. The van der Waals surface area contributed by atoms with Crippen molar-refractivity contribution in [1.29, 1.82) is 0 Å². The SMILES string of the molecule is C=C(CNCCO)[C@@H]1CC[C@]2(CO)CC[C@]3(C)[C@H](CC[C@@H]4[C@@]5(C)CCC(NCCc6ccc(O)c(O)c6)C(C)(C)[C@@H]5CC[C@]43C)[C@@H]12. The van der Waals surface area contributed by atoms with E-state index in [0.29, 0.717) is 53.7 Å². The van der Waals surface area contributed by atoms with Crippen molar-refractivity contribution >= 4 is 0 Å². The first-order valence-corrected chi connectivity index (χ1v) is 18.6. The van der Waals surface area contributed by atoms with Crippen LogP contribution in [0.3, 0.4) is 0 Å². The third-order valence-corrected chi connectivity index (χ3v) is 16.0. The van der Waals surface area contributed by atoms with Crippen LogP contribution in [0.25, 0.3) is 0 Å². The lowest BCUT2D eigenvalue weighted by atomic mass is 9.32. The average Bonchev–Trinajstić information content (AvgIpc) is 3.41. The van der Waals surface area contributed by atoms with Gasteiger partial charge in [-0.15, -0.1) is 0 Å². The van der Waals surface area contributed by atoms with Gasteiger partial charge in [0.05, 0.1) is 6.61 Å². The lowest BCUT2D eigenvalue weighted by Crippen LogP contribution is -2.67. The van der Waals surface area contributed by atoms with Gasteiger partial charge in [-0.25, -0.2) is 0 Å². The average molecular weight is 637 g/mol. The van der Waals surface area contributed by atoms with Crippen LogP contribution in [0, 0.1) is 56.7 Å². The highest BCUT2D eigenvalue weighted by Gasteiger charge is 2.70. The normalized spacial score (nSPS) is 42.8. The van der Waals surface area contributed by atoms with Crippen molar-refractivity contribution in [2.75, 3.05) is 32.8 Å². The molecule has 6 N–H and O–H groups in total. The second kappa shape index (κ2) is 12.4. The zero-order chi connectivity index (χ0) is 33.1. The van der Waals surface area contributed by atoms with Crippen LogP contribution in [0.1, 0.15) is 104 Å². The molecular weight excluding hydrogens is 572 g/mol. The molecule has 46 heavy (non-hydrogen) atoms. The maximum Gasteiger partial charge on any atom is 0.157 e. The molecule has 10 atom stereocenters. The van der Waals surface area contributed by atoms with E-state index in [-0.39, 0.29) is 34.4 Å². The van der Waals surface area contributed by atoms with E-state index < -0.39 is 0 Å². The summed E-state index contributed by atoms with van der Waals surface area (Å²) in [5.74, 6) is 2.90. The quantitative estimate of drug-likeness (QED) is 0.0958. The molecule has 0 saturated heterocycles. The molecule has 258 valence electrons. The number of phenols is 2. The summed E-state index contributed by atoms with van der Waals surface area (Å²) in [6.07, 6.45) is 13.2. The molecule has 0 aliphatic heterocycles. The van der Waals surface area contributed by atoms with Gasteiger partial charge in [-0.05, 0) is 152 Å². The van der Waals surface area contributed by atoms with Crippen molar-refractivity contribution in [2.24, 2.45) is 56.7 Å². The van der Waals surface area contributed by atoms with Crippen LogP contribution < -0.4 is 10.6 Å². The number of benzene rings is 1. The van der Waals surface area contributed by atoms with Crippen molar-refractivity contribution in [1.82, 2.24) is 10.6 Å². The minimum atomic E-state index is -0.0578. The van der Waals surface area contributed by atoms with Crippen molar-refractivity contribution < 1.29 is 20.4 Å². The van der Waals surface area contributed by atoms with Crippen LogP contribution in [0.15, 0.2) is 30.4 Å². The third-order valence-electron chi connectivity index (χ3n) is 16.0. The fourth-order valence-electron chi connectivity index (χ4n) is 13.4. The first-order chi connectivity index (χ1) is 21.8. The van der Waals surface area contributed by atoms with Gasteiger partial charge in [0.1, 0.15) is 0 Å². The Hall–Kier alpha value is -1.60. The number of aliphatic hydroxyl groups excluding tert-OH is 2. The molecule has 6 nitrogen and oxygen atoms in total. The molecule has 5 aliphatic rings. The summed E-state index contributed by atoms with van der Waals surface area (Å²) in [7, 11) is 0. The van der Waals surface area contributed by atoms with Crippen LogP contribution in [0.2, 0.25) is 0 Å². The monoisotopic (exact) mass is 636 g/mol. The van der Waals surface area contributed by atoms with E-state index in [9.17, 15) is 20.4 Å². The van der Waals surface area contributed by atoms with Gasteiger partial charge in [0.25, 0.3) is 0 Å². The van der Waals surface area contributed by atoms with Crippen LogP contribution in [-0.4, -0.2) is 59.3 Å². The van der Waals surface area contributed by atoms with E-state index in [1.807, 2.05) is 6.07 Å². The molecule has 0 amide bonds. The zero-order valence-corrected chi connectivity index (χ0v) is 29.5. The number of nitrogens with one attached hydrogen (secondary N) is 2. The Bertz CT molecular complexity index is 1280. The van der Waals surface area contributed by atoms with Gasteiger partial charge in [0, 0.05) is 25.7 Å². The van der Waals surface area contributed by atoms with Gasteiger partial charge >= 0.3 is 0 Å². The molecule has 1 aromatic rings. The van der Waals surface area contributed by atoms with Crippen molar-refractivity contribution in [3.63, 3.8) is 0 Å². The number of fused-ring (bicyclic) bond motifs is 7. The molecule has 5 saturated carbocycles. The Morgan fingerprint density at radius 1 is 0.826 bits per heavy atom. The topological polar surface area (TPSA) is 105 Å². The Morgan fingerprint density at radius 2 is 1.61 bits per heavy atom. The fourth-order valence-corrected chi connectivity index (χ4v) is 13.4. The number of aliphatic hydroxyl groups is 2. The number of aromatic hydroxyl groups is 2. The maximum atomic E-state index is 11.0. The molecule has 0 aromatic heterocycles. The van der Waals surface area contributed by atoms with E-state index >= 15 is 0 Å². The van der Waals surface area contributed by atoms with Crippen LogP contribution in [0.4, 0.5) is 0 Å². The highest BCUT2D eigenvalue weighted by atomic mass is 16.3. The van der Waals surface area contributed by atoms with Crippen molar-refractivity contribution in [2.45, 2.75) is 111 Å². The Balaban J connectivity index is 1.20. The summed E-state index contributed by atoms with van der Waals surface area (Å²) in [6.45, 7) is 20.4. The van der Waals surface area contributed by atoms with Crippen molar-refractivity contribution in [3.8, 4) is 11.5 Å². The summed E-state index contributed by atoms with van der Waals surface area (Å²) in [4.78, 5) is 0. The van der Waals surface area contributed by atoms with Gasteiger partial charge in [-0.1, -0.05) is 52.8 Å². The maximum absolute atomic E-state index is 11.0. The summed E-state index contributed by atoms with van der Waals surface area (Å²) in [5, 5.41) is 47.3. The number of phenolic OH excluding ortho intramolecular Hbond substituents is 2. The minimum Gasteiger partial charge on any atom is -0.504 e. The molecule has 1 unspecified atom stereocenters. The third kappa shape index (κ3) is 5.18. The predicted octanol–water partition coefficient (Wildman–Crippen LogP) is 6.81. The summed E-state index contributed by atoms with van der Waals surface area (Å²) in [5.41, 5.74) is 3.46. The Labute approximate surface area is 278 Å². The van der Waals surface area contributed by atoms with Crippen molar-refractivity contribution in [3.05, 3.63) is 35.9 Å². The lowest BCUT2D eigenvalue weighted by Gasteiger charge is -2.73. The molecule has 5 fully saturated rings. The second-order valence-corrected chi connectivity index (χ2v) is 17.9. The predicted molar refractivity (Wildman–Crippen MR) is 186 cm³/mol. The number of hydrogen-bond donors (Lipinski definition) is 6. The minimum absolute atomic E-state index is 0.0385. The van der Waals surface area contributed by atoms with E-state index in [2.05, 4.69) is 51.8 Å². The van der Waals surface area contributed by atoms with E-state index in [4.69, 9.17) is 0 Å². The smallest absolute Gasteiger partial charge is 0.157 e. The van der Waals surface area contributed by atoms with E-state index in [1.165, 1.54) is 50.5 Å². The highest BCUT2D eigenvalue weighted by Crippen LogP contribution is 2.77. The van der Waals surface area contributed by atoms with E-state index in [1.54, 1.807) is 12.1 Å². The highest BCUT2D eigenvalue weighted by molar-refractivity contribution is 5.40. The Kier molecular flexibility index (Phi) is 9.22. The molecule has 5 aliphatic carbocycles. The summed E-state index contributed by atoms with van der Waals surface area (Å²) < 4.78 is 0. The summed E-state index contributed by atoms with van der Waals surface area (Å²) >= 11 is 0. The van der Waals surface area contributed by atoms with Gasteiger partial charge in [0.15, 0.2) is 11.5 Å². The van der Waals surface area contributed by atoms with E-state index in [0.717, 1.165) is 50.3 Å². The van der Waals surface area contributed by atoms with Gasteiger partial charge < -0.3 is 31.1 Å². The van der Waals surface area contributed by atoms with Crippen LogP contribution >= 0.6 is 0 Å². The lowest BCUT2D eigenvalue weighted by molar-refractivity contribution is -0.241. The standard InChI is InChI=1S/C40H64N2O4/c1-26(24-41-21-22-43)28-11-17-40(25-44)19-18-38(5)29(35(28)40)8-10-33-37(4)15-13-34(36(2,3)32(37)12-16-39(33,38)6)42-20-14-27-7-9-30(45)31(46)23-27/h7,9,23,28-29,32-35,41-46H,1,8,10-22,24-25H2,2-6H3/t28-,29+,32-,33+,34?,35+,37-,38+,39+,40+/m0/s1. The molecule has 0 radical (unpaired) electrons. The molecule has 1 aromatic carbocycles. The largest absolute Gasteiger partial charge is 0.504 e. The van der Waals surface area contributed by atoms with Gasteiger partial charge in [-0.2, -0.15) is 0 Å². The number of rotatable bonds is 10.